The molecule has 1 unspecified atom stereocenters. The highest BCUT2D eigenvalue weighted by Crippen LogP contribution is 1.84. The maximum Gasteiger partial charge on any atom is 0.336 e. The third kappa shape index (κ3) is 3.55. The Hall–Kier alpha value is -1.59. The Morgan fingerprint density at radius 3 is 2.58 bits per heavy atom. The maximum absolute atomic E-state index is 10.8. The van der Waals surface area contributed by atoms with E-state index in [0.717, 1.165) is 0 Å². The van der Waals surface area contributed by atoms with E-state index in [1.54, 1.807) is 6.92 Å². The molecule has 0 saturated carbocycles. The summed E-state index contributed by atoms with van der Waals surface area (Å²) >= 11 is 0. The first-order valence-corrected chi connectivity index (χ1v) is 3.29. The number of amides is 2. The van der Waals surface area contributed by atoms with E-state index in [4.69, 9.17) is 0 Å². The highest BCUT2D eigenvalue weighted by Gasteiger charge is 2.19. The third-order valence-corrected chi connectivity index (χ3v) is 0.974. The molecule has 0 radical (unpaired) electrons. The van der Waals surface area contributed by atoms with Gasteiger partial charge in [0.15, 0.2) is 12.3 Å². The summed E-state index contributed by atoms with van der Waals surface area (Å²) in [6.07, 6.45) is 0.253. The first-order chi connectivity index (χ1) is 5.61. The number of nitrogens with one attached hydrogen (secondary N) is 1. The zero-order chi connectivity index (χ0) is 9.56. The predicted molar refractivity (Wildman–Crippen MR) is 39.2 cm³/mol. The fraction of sp³-hybridized carbons (Fsp3) is 0.500. The number of hydrogen-bond donors (Lipinski definition) is 2. The molecule has 12 heavy (non-hydrogen) atoms. The molecule has 0 spiro atoms. The highest BCUT2D eigenvalue weighted by atomic mass is 16.5. The molecule has 6 nitrogen and oxygen atoms in total. The average Bonchev–Trinajstić information content (AvgIpc) is 2.00. The van der Waals surface area contributed by atoms with Crippen LogP contribution < -0.4 is 11.1 Å². The van der Waals surface area contributed by atoms with Gasteiger partial charge < -0.3 is 20.6 Å². The zero-order valence-corrected chi connectivity index (χ0v) is 6.57. The van der Waals surface area contributed by atoms with Gasteiger partial charge in [-0.15, -0.1) is 0 Å². The molecule has 6 heteroatoms. The summed E-state index contributed by atoms with van der Waals surface area (Å²) in [6.45, 7) is 1.73. The predicted octanol–water partition coefficient (Wildman–Crippen LogP) is -1.21. The molecule has 1 atom stereocenters. The summed E-state index contributed by atoms with van der Waals surface area (Å²) in [5.74, 6) is -0.814. The number of esters is 1. The van der Waals surface area contributed by atoms with Crippen LogP contribution in [0.25, 0.3) is 0 Å². The van der Waals surface area contributed by atoms with E-state index in [9.17, 15) is 14.4 Å². The van der Waals surface area contributed by atoms with Gasteiger partial charge in [0, 0.05) is 0 Å². The minimum Gasteiger partial charge on any atom is -0.464 e. The molecule has 2 amide bonds. The number of ether oxygens (including phenoxy) is 1. The minimum atomic E-state index is -1.30. The molecule has 0 rings (SSSR count). The lowest BCUT2D eigenvalue weighted by Gasteiger charge is -2.08. The molecular formula is C6H10N2O4. The van der Waals surface area contributed by atoms with E-state index in [0.29, 0.717) is 0 Å². The van der Waals surface area contributed by atoms with Gasteiger partial charge in [-0.25, -0.2) is 9.59 Å². The summed E-state index contributed by atoms with van der Waals surface area (Å²) in [4.78, 5) is 31.2. The smallest absolute Gasteiger partial charge is 0.336 e. The van der Waals surface area contributed by atoms with E-state index >= 15 is 0 Å². The van der Waals surface area contributed by atoms with Crippen LogP contribution in [0, 0.1) is 0 Å². The molecule has 0 aliphatic carbocycles. The molecule has 0 bridgehead atoms. The Balaban J connectivity index is 4.05. The van der Waals surface area contributed by atoms with Crippen LogP contribution in [-0.4, -0.2) is 30.9 Å². The van der Waals surface area contributed by atoms with Crippen LogP contribution in [0.4, 0.5) is 4.79 Å². The summed E-state index contributed by atoms with van der Waals surface area (Å²) in [5, 5.41) is 1.91. The fourth-order valence-corrected chi connectivity index (χ4v) is 0.534. The quantitative estimate of drug-likeness (QED) is 0.317. The van der Waals surface area contributed by atoms with Crippen LogP contribution in [0.15, 0.2) is 0 Å². The maximum atomic E-state index is 10.8. The lowest BCUT2D eigenvalue weighted by molar-refractivity contribution is -0.146. The second-order valence-corrected chi connectivity index (χ2v) is 1.87. The standard InChI is InChI=1S/C6H10N2O4/c1-2-12-5(10)4(3-9)8-6(7)11/h3-4H,2H2,1H3,(H3,7,8,11). The highest BCUT2D eigenvalue weighted by molar-refractivity contribution is 5.95. The number of carbonyl (C=O) groups excluding carboxylic acids is 3. The summed E-state index contributed by atoms with van der Waals surface area (Å²) in [5.41, 5.74) is 4.69. The van der Waals surface area contributed by atoms with Gasteiger partial charge in [-0.05, 0) is 6.92 Å². The molecule has 0 aliphatic rings. The van der Waals surface area contributed by atoms with Crippen molar-refractivity contribution in [1.82, 2.24) is 5.32 Å². The molecule has 0 aromatic rings. The molecule has 0 heterocycles. The Morgan fingerprint density at radius 1 is 1.67 bits per heavy atom. The number of nitrogens with two attached hydrogens (primary N) is 1. The minimum absolute atomic E-state index is 0.142. The van der Waals surface area contributed by atoms with Crippen molar-refractivity contribution >= 4 is 18.3 Å². The fourth-order valence-electron chi connectivity index (χ4n) is 0.534. The van der Waals surface area contributed by atoms with Crippen molar-refractivity contribution in [3.63, 3.8) is 0 Å². The van der Waals surface area contributed by atoms with Gasteiger partial charge in [-0.2, -0.15) is 0 Å². The van der Waals surface area contributed by atoms with Crippen molar-refractivity contribution in [2.75, 3.05) is 6.61 Å². The van der Waals surface area contributed by atoms with Crippen molar-refractivity contribution < 1.29 is 19.1 Å². The molecule has 68 valence electrons. The molecular weight excluding hydrogens is 164 g/mol. The van der Waals surface area contributed by atoms with Crippen LogP contribution in [-0.2, 0) is 14.3 Å². The van der Waals surface area contributed by atoms with E-state index in [2.05, 4.69) is 10.5 Å². The first-order valence-electron chi connectivity index (χ1n) is 3.29. The molecule has 0 aromatic heterocycles. The Kier molecular flexibility index (Phi) is 4.43. The van der Waals surface area contributed by atoms with Crippen molar-refractivity contribution in [2.45, 2.75) is 13.0 Å². The second-order valence-electron chi connectivity index (χ2n) is 1.87. The molecule has 3 N–H and O–H groups in total. The molecule has 0 aromatic carbocycles. The monoisotopic (exact) mass is 174 g/mol. The van der Waals surface area contributed by atoms with Gasteiger partial charge in [0.25, 0.3) is 0 Å². The molecule has 0 fully saturated rings. The van der Waals surface area contributed by atoms with Crippen LogP contribution in [0.1, 0.15) is 6.92 Å². The third-order valence-electron chi connectivity index (χ3n) is 0.974. The summed E-state index contributed by atoms with van der Waals surface area (Å²) < 4.78 is 4.46. The SMILES string of the molecule is CCOC(=O)C(C=O)NC(N)=O. The van der Waals surface area contributed by atoms with E-state index in [-0.39, 0.29) is 12.9 Å². The number of urea groups is 1. The normalized spacial score (nSPS) is 11.4. The lowest BCUT2D eigenvalue weighted by Crippen LogP contribution is -2.45. The number of primary amides is 1. The largest absolute Gasteiger partial charge is 0.464 e. The van der Waals surface area contributed by atoms with E-state index < -0.39 is 18.0 Å². The van der Waals surface area contributed by atoms with Crippen molar-refractivity contribution in [1.29, 1.82) is 0 Å². The van der Waals surface area contributed by atoms with Crippen LogP contribution in [0.2, 0.25) is 0 Å². The number of carbonyl (C=O) groups is 3. The van der Waals surface area contributed by atoms with Gasteiger partial charge in [-0.3, -0.25) is 0 Å². The number of rotatable bonds is 4. The van der Waals surface area contributed by atoms with Crippen LogP contribution in [0.5, 0.6) is 0 Å². The average molecular weight is 174 g/mol. The van der Waals surface area contributed by atoms with Gasteiger partial charge >= 0.3 is 12.0 Å². The Bertz CT molecular complexity index is 192. The number of aldehydes is 1. The van der Waals surface area contributed by atoms with Crippen molar-refractivity contribution in [3.8, 4) is 0 Å². The first kappa shape index (κ1) is 10.4. The molecule has 0 aliphatic heterocycles. The van der Waals surface area contributed by atoms with Gasteiger partial charge in [0.1, 0.15) is 0 Å². The summed E-state index contributed by atoms with van der Waals surface area (Å²) in [6, 6.07) is -2.25. The lowest BCUT2D eigenvalue weighted by atomic mass is 10.3. The van der Waals surface area contributed by atoms with Gasteiger partial charge in [0.05, 0.1) is 6.61 Å². The zero-order valence-electron chi connectivity index (χ0n) is 6.57. The van der Waals surface area contributed by atoms with Crippen LogP contribution in [0.3, 0.4) is 0 Å². The van der Waals surface area contributed by atoms with Crippen LogP contribution >= 0.6 is 0 Å². The van der Waals surface area contributed by atoms with Gasteiger partial charge in [-0.1, -0.05) is 0 Å². The Labute approximate surface area is 69.1 Å². The molecule has 0 saturated heterocycles. The van der Waals surface area contributed by atoms with Crippen molar-refractivity contribution in [2.24, 2.45) is 5.73 Å². The second kappa shape index (κ2) is 5.11. The van der Waals surface area contributed by atoms with E-state index in [1.807, 2.05) is 5.32 Å². The van der Waals surface area contributed by atoms with Gasteiger partial charge in [0.2, 0.25) is 0 Å². The summed E-state index contributed by atoms with van der Waals surface area (Å²) in [7, 11) is 0. The van der Waals surface area contributed by atoms with Crippen molar-refractivity contribution in [3.05, 3.63) is 0 Å². The number of hydrogen-bond acceptors (Lipinski definition) is 4. The van der Waals surface area contributed by atoms with E-state index in [1.165, 1.54) is 0 Å². The topological polar surface area (TPSA) is 98.5 Å². The Morgan fingerprint density at radius 2 is 2.25 bits per heavy atom.